The van der Waals surface area contributed by atoms with Gasteiger partial charge in [0, 0.05) is 25.3 Å². The van der Waals surface area contributed by atoms with Crippen molar-refractivity contribution in [1.82, 2.24) is 19.1 Å². The Kier molecular flexibility index (Phi) is 4.96. The second kappa shape index (κ2) is 7.32. The Hall–Kier alpha value is -2.91. The minimum absolute atomic E-state index is 0.113. The van der Waals surface area contributed by atoms with E-state index in [0.29, 0.717) is 23.8 Å². The molecule has 0 unspecified atom stereocenters. The molecular formula is C19H21N5O. The van der Waals surface area contributed by atoms with Gasteiger partial charge in [-0.25, -0.2) is 9.48 Å². The lowest BCUT2D eigenvalue weighted by Crippen LogP contribution is -2.35. The van der Waals surface area contributed by atoms with Crippen LogP contribution in [0.5, 0.6) is 0 Å². The maximum absolute atomic E-state index is 12.4. The molecular weight excluding hydrogens is 314 g/mol. The van der Waals surface area contributed by atoms with Gasteiger partial charge in [0.15, 0.2) is 5.65 Å². The average molecular weight is 335 g/mol. The molecule has 25 heavy (non-hydrogen) atoms. The van der Waals surface area contributed by atoms with Crippen molar-refractivity contribution in [2.24, 2.45) is 0 Å². The quantitative estimate of drug-likeness (QED) is 0.693. The van der Waals surface area contributed by atoms with Crippen LogP contribution in [-0.2, 0) is 13.1 Å². The van der Waals surface area contributed by atoms with E-state index in [4.69, 9.17) is 5.26 Å². The first-order valence-corrected chi connectivity index (χ1v) is 8.36. The van der Waals surface area contributed by atoms with Gasteiger partial charge in [-0.2, -0.15) is 5.26 Å². The largest absolute Gasteiger partial charge is 0.350 e. The molecule has 0 atom stereocenters. The summed E-state index contributed by atoms with van der Waals surface area (Å²) < 4.78 is 3.07. The summed E-state index contributed by atoms with van der Waals surface area (Å²) >= 11 is 0. The smallest absolute Gasteiger partial charge is 0.295 e. The van der Waals surface area contributed by atoms with Crippen molar-refractivity contribution in [3.8, 4) is 6.07 Å². The third-order valence-electron chi connectivity index (χ3n) is 4.29. The zero-order valence-corrected chi connectivity index (χ0v) is 14.5. The average Bonchev–Trinajstić information content (AvgIpc) is 2.95. The molecule has 6 nitrogen and oxygen atoms in total. The van der Waals surface area contributed by atoms with Gasteiger partial charge in [-0.15, -0.1) is 5.10 Å². The first kappa shape index (κ1) is 16.9. The van der Waals surface area contributed by atoms with Crippen molar-refractivity contribution in [3.63, 3.8) is 0 Å². The number of benzene rings is 1. The molecule has 6 heteroatoms. The van der Waals surface area contributed by atoms with Gasteiger partial charge in [0.1, 0.15) is 0 Å². The predicted octanol–water partition coefficient (Wildman–Crippen LogP) is 2.28. The highest BCUT2D eigenvalue weighted by atomic mass is 16.2. The maximum atomic E-state index is 12.4. The fourth-order valence-electron chi connectivity index (χ4n) is 2.78. The number of nitriles is 1. The molecule has 0 saturated heterocycles. The fraction of sp³-hybridized carbons (Fsp3) is 0.316. The number of fused-ring (bicyclic) bond motifs is 1. The highest BCUT2D eigenvalue weighted by molar-refractivity contribution is 5.35. The molecule has 0 amide bonds. The summed E-state index contributed by atoms with van der Waals surface area (Å²) in [4.78, 5) is 14.6. The lowest BCUT2D eigenvalue weighted by atomic mass is 10.1. The molecule has 0 aliphatic rings. The Morgan fingerprint density at radius 2 is 1.96 bits per heavy atom. The third kappa shape index (κ3) is 3.78. The van der Waals surface area contributed by atoms with Crippen LogP contribution >= 0.6 is 0 Å². The number of aromatic nitrogens is 3. The van der Waals surface area contributed by atoms with Crippen molar-refractivity contribution in [1.29, 1.82) is 5.26 Å². The lowest BCUT2D eigenvalue weighted by molar-refractivity contribution is 0.200. The van der Waals surface area contributed by atoms with Crippen molar-refractivity contribution >= 4 is 5.65 Å². The molecule has 1 aromatic carbocycles. The second-order valence-electron chi connectivity index (χ2n) is 6.31. The van der Waals surface area contributed by atoms with Gasteiger partial charge in [-0.3, -0.25) is 9.30 Å². The number of hydrogen-bond acceptors (Lipinski definition) is 4. The molecule has 0 aliphatic heterocycles. The molecule has 0 radical (unpaired) electrons. The second-order valence-corrected chi connectivity index (χ2v) is 6.31. The van der Waals surface area contributed by atoms with Gasteiger partial charge in [0.25, 0.3) is 0 Å². The maximum Gasteiger partial charge on any atom is 0.350 e. The Balaban J connectivity index is 1.72. The monoisotopic (exact) mass is 335 g/mol. The number of pyridine rings is 1. The summed E-state index contributed by atoms with van der Waals surface area (Å²) in [5.41, 5.74) is 2.36. The summed E-state index contributed by atoms with van der Waals surface area (Å²) in [5, 5.41) is 13.3. The van der Waals surface area contributed by atoms with E-state index in [1.807, 2.05) is 42.5 Å². The van der Waals surface area contributed by atoms with Crippen LogP contribution in [-0.4, -0.2) is 31.7 Å². The fourth-order valence-corrected chi connectivity index (χ4v) is 2.78. The Bertz CT molecular complexity index is 946. The van der Waals surface area contributed by atoms with Crippen molar-refractivity contribution < 1.29 is 0 Å². The summed E-state index contributed by atoms with van der Waals surface area (Å²) in [7, 11) is 0. The van der Waals surface area contributed by atoms with Crippen LogP contribution < -0.4 is 5.69 Å². The minimum atomic E-state index is -0.113. The van der Waals surface area contributed by atoms with E-state index < -0.39 is 0 Å². The first-order chi connectivity index (χ1) is 12.1. The van der Waals surface area contributed by atoms with Gasteiger partial charge in [0.2, 0.25) is 0 Å². The van der Waals surface area contributed by atoms with E-state index in [-0.39, 0.29) is 5.69 Å². The number of hydrogen-bond donors (Lipinski definition) is 0. The number of rotatable bonds is 6. The number of nitrogens with zero attached hydrogens (tertiary/aromatic N) is 5. The van der Waals surface area contributed by atoms with E-state index in [1.54, 1.807) is 10.6 Å². The zero-order valence-electron chi connectivity index (χ0n) is 14.5. The van der Waals surface area contributed by atoms with Gasteiger partial charge in [0.05, 0.1) is 18.2 Å². The van der Waals surface area contributed by atoms with Gasteiger partial charge < -0.3 is 0 Å². The van der Waals surface area contributed by atoms with Gasteiger partial charge >= 0.3 is 5.69 Å². The van der Waals surface area contributed by atoms with E-state index in [1.165, 1.54) is 4.68 Å². The third-order valence-corrected chi connectivity index (χ3v) is 4.29. The van der Waals surface area contributed by atoms with E-state index in [9.17, 15) is 4.79 Å². The van der Waals surface area contributed by atoms with Crippen molar-refractivity contribution in [2.45, 2.75) is 33.0 Å². The summed E-state index contributed by atoms with van der Waals surface area (Å²) in [6, 6.07) is 15.6. The van der Waals surface area contributed by atoms with Crippen LogP contribution in [0.25, 0.3) is 5.65 Å². The van der Waals surface area contributed by atoms with E-state index in [2.05, 4.69) is 29.9 Å². The first-order valence-electron chi connectivity index (χ1n) is 8.36. The predicted molar refractivity (Wildman–Crippen MR) is 96.2 cm³/mol. The van der Waals surface area contributed by atoms with Gasteiger partial charge in [-0.1, -0.05) is 18.2 Å². The molecule has 2 aromatic heterocycles. The summed E-state index contributed by atoms with van der Waals surface area (Å²) in [6.45, 7) is 6.30. The van der Waals surface area contributed by atoms with Gasteiger partial charge in [-0.05, 0) is 43.7 Å². The minimum Gasteiger partial charge on any atom is -0.295 e. The van der Waals surface area contributed by atoms with Crippen LogP contribution in [0.2, 0.25) is 0 Å². The van der Waals surface area contributed by atoms with Crippen molar-refractivity contribution in [2.75, 3.05) is 6.54 Å². The lowest BCUT2D eigenvalue weighted by Gasteiger charge is -2.26. The summed E-state index contributed by atoms with van der Waals surface area (Å²) in [6.07, 6.45) is 1.73. The Morgan fingerprint density at radius 3 is 2.60 bits per heavy atom. The summed E-state index contributed by atoms with van der Waals surface area (Å²) in [5.74, 6) is 0. The topological polar surface area (TPSA) is 66.3 Å². The molecule has 0 spiro atoms. The zero-order chi connectivity index (χ0) is 17.8. The molecule has 0 N–H and O–H groups in total. The molecule has 128 valence electrons. The van der Waals surface area contributed by atoms with E-state index >= 15 is 0 Å². The van der Waals surface area contributed by atoms with Crippen LogP contribution in [0.15, 0.2) is 53.5 Å². The normalized spacial score (nSPS) is 11.3. The highest BCUT2D eigenvalue weighted by Crippen LogP contribution is 2.10. The SMILES string of the molecule is CC(C)N(CCn1nc2ccccn2c1=O)Cc1ccc(C#N)cc1. The molecule has 0 fully saturated rings. The standard InChI is InChI=1S/C19H21N5O/c1-15(2)22(14-17-8-6-16(13-20)7-9-17)11-12-24-19(25)23-10-4-3-5-18(23)21-24/h3-10,15H,11-12,14H2,1-2H3. The molecule has 3 rings (SSSR count). The van der Waals surface area contributed by atoms with Crippen LogP contribution in [0.1, 0.15) is 25.0 Å². The Labute approximate surface area is 146 Å². The van der Waals surface area contributed by atoms with Crippen LogP contribution in [0, 0.1) is 11.3 Å². The molecule has 2 heterocycles. The van der Waals surface area contributed by atoms with E-state index in [0.717, 1.165) is 18.7 Å². The Morgan fingerprint density at radius 1 is 1.20 bits per heavy atom. The van der Waals surface area contributed by atoms with Crippen LogP contribution in [0.4, 0.5) is 0 Å². The highest BCUT2D eigenvalue weighted by Gasteiger charge is 2.12. The molecule has 0 aliphatic carbocycles. The van der Waals surface area contributed by atoms with Crippen molar-refractivity contribution in [3.05, 3.63) is 70.3 Å². The molecule has 3 aromatic rings. The molecule has 0 bridgehead atoms. The molecule has 0 saturated carbocycles. The van der Waals surface area contributed by atoms with Crippen LogP contribution in [0.3, 0.4) is 0 Å².